The van der Waals surface area contributed by atoms with E-state index in [0.717, 1.165) is 12.1 Å². The number of rotatable bonds is 8. The van der Waals surface area contributed by atoms with Crippen LogP contribution in [-0.2, 0) is 0 Å². The maximum absolute atomic E-state index is 16.7. The molecule has 0 radical (unpaired) electrons. The minimum absolute atomic E-state index is 0.174. The Hall–Kier alpha value is -11.6. The highest BCUT2D eigenvalue weighted by molar-refractivity contribution is 6.16. The molecule has 8 aromatic rings. The van der Waals surface area contributed by atoms with Crippen LogP contribution >= 0.6 is 0 Å². The largest absolute Gasteiger partial charge is 0.208 e. The molecule has 10 rings (SSSR count). The number of nitriles is 6. The lowest BCUT2D eigenvalue weighted by molar-refractivity contribution is 0.447. The van der Waals surface area contributed by atoms with Gasteiger partial charge in [-0.1, -0.05) is 121 Å². The Morgan fingerprint density at radius 2 is 0.538 bits per heavy atom. The molecule has 0 saturated carbocycles. The van der Waals surface area contributed by atoms with Crippen molar-refractivity contribution in [3.63, 3.8) is 0 Å². The van der Waals surface area contributed by atoms with Crippen LogP contribution in [0.1, 0.15) is 33.9 Å². The molecule has 368 valence electrons. The zero-order valence-corrected chi connectivity index (χ0v) is 38.9. The monoisotopic (exact) mass is 1040 g/mol. The van der Waals surface area contributed by atoms with E-state index in [0.29, 0.717) is 0 Å². The highest BCUT2D eigenvalue weighted by Gasteiger charge is 2.48. The van der Waals surface area contributed by atoms with Crippen LogP contribution in [0.5, 0.6) is 0 Å². The molecule has 0 unspecified atom stereocenters. The van der Waals surface area contributed by atoms with Crippen LogP contribution < -0.4 is 0 Å². The summed E-state index contributed by atoms with van der Waals surface area (Å²) in [4.78, 5) is 27.6. The predicted molar refractivity (Wildman–Crippen MR) is 261 cm³/mol. The lowest BCUT2D eigenvalue weighted by atomic mass is 9.86. The Morgan fingerprint density at radius 1 is 0.295 bits per heavy atom. The quantitative estimate of drug-likeness (QED) is 0.0788. The summed E-state index contributed by atoms with van der Waals surface area (Å²) in [7, 11) is 0. The van der Waals surface area contributed by atoms with Crippen molar-refractivity contribution in [3.05, 3.63) is 235 Å². The lowest BCUT2D eigenvalue weighted by Crippen LogP contribution is -2.11. The molecule has 2 aromatic heterocycles. The smallest absolute Gasteiger partial charge is 0.180 e. The van der Waals surface area contributed by atoms with Crippen molar-refractivity contribution in [2.24, 2.45) is 0 Å². The molecule has 2 aliphatic carbocycles. The highest BCUT2D eigenvalue weighted by Crippen LogP contribution is 2.59. The molecule has 6 aromatic carbocycles. The Balaban J connectivity index is 1.45. The number of allylic oxidation sites excluding steroid dienone is 10. The van der Waals surface area contributed by atoms with E-state index < -0.39 is 136 Å². The standard InChI is InChI=1S/C58H20F8N12/c59-45-35(25-71)46(60)50(64)43(49(45)63)33(23-69)39-38-32(22-68)42(58-77-55(29-17-9-3-10-18-29)74-56(78-58)30-19-11-4-12-20-30)40(34(24-70)44-51(65)47(61)36(26-72)48(62)52(44)66)37(38)31(21-67)41(39)57-75-53(27-13-5-1-6-14-27)73-54(76-57)28-15-7-2-8-16-28/h1-20H/b39-33+,40-34+. The average Bonchev–Trinajstić information content (AvgIpc) is 4.03. The number of nitrogens with zero attached hydrogens (tertiary/aromatic N) is 12. The fourth-order valence-electron chi connectivity index (χ4n) is 8.88. The van der Waals surface area contributed by atoms with E-state index in [4.69, 9.17) is 0 Å². The van der Waals surface area contributed by atoms with Gasteiger partial charge in [0.2, 0.25) is 0 Å². The SMILES string of the molecule is N#CC1=C(c2nc(-c3ccccc3)nc(-c3ccccc3)n2)/C(=C(\C#N)c2c(F)c(F)c(C#N)c(F)c2F)C2=C1/C(=C(/C#N)c1c(F)c(F)c(C#N)c(F)c1F)C(c1nc(-c3ccccc3)nc(-c3ccccc3)n1)=C2C#N. The van der Waals surface area contributed by atoms with Crippen molar-refractivity contribution < 1.29 is 35.1 Å². The molecular weight excluding hydrogens is 1020 g/mol. The molecule has 0 bridgehead atoms. The number of hydrogen-bond donors (Lipinski definition) is 0. The predicted octanol–water partition coefficient (Wildman–Crippen LogP) is 12.1. The van der Waals surface area contributed by atoms with Gasteiger partial charge in [-0.05, 0) is 0 Å². The molecule has 12 nitrogen and oxygen atoms in total. The van der Waals surface area contributed by atoms with Crippen LogP contribution in [0, 0.1) is 115 Å². The molecule has 2 aliphatic rings. The summed E-state index contributed by atoms with van der Waals surface area (Å²) >= 11 is 0. The number of aromatic nitrogens is 6. The van der Waals surface area contributed by atoms with Gasteiger partial charge in [-0.2, -0.15) is 31.6 Å². The second-order valence-corrected chi connectivity index (χ2v) is 16.5. The van der Waals surface area contributed by atoms with Crippen molar-refractivity contribution in [1.29, 1.82) is 31.6 Å². The van der Waals surface area contributed by atoms with Gasteiger partial charge >= 0.3 is 0 Å². The van der Waals surface area contributed by atoms with E-state index in [1.54, 1.807) is 121 Å². The van der Waals surface area contributed by atoms with Gasteiger partial charge in [0.15, 0.2) is 81.5 Å². The highest BCUT2D eigenvalue weighted by atomic mass is 19.2. The van der Waals surface area contributed by atoms with E-state index in [9.17, 15) is 31.6 Å². The zero-order valence-electron chi connectivity index (χ0n) is 38.9. The van der Waals surface area contributed by atoms with Gasteiger partial charge in [0.1, 0.15) is 47.5 Å². The molecule has 0 amide bonds. The van der Waals surface area contributed by atoms with Crippen molar-refractivity contribution in [3.8, 4) is 82.0 Å². The average molecular weight is 1040 g/mol. The van der Waals surface area contributed by atoms with Crippen molar-refractivity contribution in [1.82, 2.24) is 29.9 Å². The van der Waals surface area contributed by atoms with E-state index in [1.807, 2.05) is 12.1 Å². The van der Waals surface area contributed by atoms with Crippen LogP contribution in [-0.4, -0.2) is 29.9 Å². The summed E-state index contributed by atoms with van der Waals surface area (Å²) in [5, 5.41) is 64.6. The topological polar surface area (TPSA) is 220 Å². The first kappa shape index (κ1) is 50.0. The summed E-state index contributed by atoms with van der Waals surface area (Å²) in [6.45, 7) is 0. The van der Waals surface area contributed by atoms with Crippen LogP contribution in [0.25, 0.3) is 67.8 Å². The first-order chi connectivity index (χ1) is 37.8. The second-order valence-electron chi connectivity index (χ2n) is 16.5. The fraction of sp³-hybridized carbons (Fsp3) is 0. The normalized spacial score (nSPS) is 14.0. The van der Waals surface area contributed by atoms with Gasteiger partial charge in [-0.3, -0.25) is 0 Å². The molecule has 2 heterocycles. The third kappa shape index (κ3) is 7.96. The zero-order chi connectivity index (χ0) is 55.1. The van der Waals surface area contributed by atoms with Gasteiger partial charge < -0.3 is 0 Å². The summed E-state index contributed by atoms with van der Waals surface area (Å²) in [6, 6.07) is 40.5. The summed E-state index contributed by atoms with van der Waals surface area (Å²) in [5.41, 5.74) is -15.9. The van der Waals surface area contributed by atoms with Crippen LogP contribution in [0.2, 0.25) is 0 Å². The Morgan fingerprint density at radius 3 is 0.756 bits per heavy atom. The minimum Gasteiger partial charge on any atom is -0.208 e. The van der Waals surface area contributed by atoms with Crippen LogP contribution in [0.15, 0.2) is 155 Å². The van der Waals surface area contributed by atoms with Crippen molar-refractivity contribution >= 4 is 22.3 Å². The molecule has 78 heavy (non-hydrogen) atoms. The molecular formula is C58H20F8N12. The first-order valence-electron chi connectivity index (χ1n) is 22.4. The van der Waals surface area contributed by atoms with Gasteiger partial charge in [-0.25, -0.2) is 65.0 Å². The molecule has 0 spiro atoms. The van der Waals surface area contributed by atoms with E-state index in [1.165, 1.54) is 12.1 Å². The van der Waals surface area contributed by atoms with E-state index in [-0.39, 0.29) is 45.6 Å². The molecule has 0 aliphatic heterocycles. The lowest BCUT2D eigenvalue weighted by Gasteiger charge is -2.18. The number of hydrogen-bond acceptors (Lipinski definition) is 12. The Kier molecular flexibility index (Phi) is 12.8. The van der Waals surface area contributed by atoms with Crippen molar-refractivity contribution in [2.45, 2.75) is 0 Å². The van der Waals surface area contributed by atoms with Crippen molar-refractivity contribution in [2.75, 3.05) is 0 Å². The molecule has 0 N–H and O–H groups in total. The van der Waals surface area contributed by atoms with Crippen LogP contribution in [0.3, 0.4) is 0 Å². The second kappa shape index (κ2) is 20.0. The molecule has 0 fully saturated rings. The Labute approximate surface area is 434 Å². The van der Waals surface area contributed by atoms with Crippen LogP contribution in [0.4, 0.5) is 35.1 Å². The maximum Gasteiger partial charge on any atom is 0.180 e. The number of halogens is 8. The van der Waals surface area contributed by atoms with Gasteiger partial charge in [0.05, 0.1) is 33.4 Å². The summed E-state index contributed by atoms with van der Waals surface area (Å²) in [6.07, 6.45) is 0. The minimum atomic E-state index is -2.33. The van der Waals surface area contributed by atoms with E-state index >= 15 is 35.1 Å². The molecule has 0 atom stereocenters. The molecule has 20 heteroatoms. The molecule has 0 saturated heterocycles. The van der Waals surface area contributed by atoms with Gasteiger partial charge in [0.25, 0.3) is 0 Å². The summed E-state index contributed by atoms with van der Waals surface area (Å²) < 4.78 is 130. The maximum atomic E-state index is 16.7. The third-order valence-corrected chi connectivity index (χ3v) is 12.3. The van der Waals surface area contributed by atoms with E-state index in [2.05, 4.69) is 29.9 Å². The Bertz CT molecular complexity index is 3940. The first-order valence-corrected chi connectivity index (χ1v) is 22.4. The number of benzene rings is 6. The fourth-order valence-corrected chi connectivity index (χ4v) is 8.88. The summed E-state index contributed by atoms with van der Waals surface area (Å²) in [5.74, 6) is -20.5. The third-order valence-electron chi connectivity index (χ3n) is 12.3. The van der Waals surface area contributed by atoms with Gasteiger partial charge in [0, 0.05) is 55.7 Å². The van der Waals surface area contributed by atoms with Gasteiger partial charge in [-0.15, -0.1) is 0 Å².